The fourth-order valence-corrected chi connectivity index (χ4v) is 1.66. The quantitative estimate of drug-likeness (QED) is 0.527. The van der Waals surface area contributed by atoms with E-state index in [0.29, 0.717) is 4.60 Å². The topological polar surface area (TPSA) is 104 Å². The largest absolute Gasteiger partial charge is 0.417 e. The van der Waals surface area contributed by atoms with Gasteiger partial charge in [0.25, 0.3) is 0 Å². The van der Waals surface area contributed by atoms with Gasteiger partial charge in [-0.2, -0.15) is 9.97 Å². The zero-order valence-electron chi connectivity index (χ0n) is 9.21. The molecule has 0 unspecified atom stereocenters. The molecule has 0 aliphatic heterocycles. The number of benzene rings is 1. The summed E-state index contributed by atoms with van der Waals surface area (Å²) < 4.78 is 18.5. The molecule has 2 aromatic rings. The SMILES string of the molecule is Nc1cc(Br)nc(Oc2cc(F)ccc2[N+](=O)[O-])n1. The van der Waals surface area contributed by atoms with E-state index >= 15 is 0 Å². The van der Waals surface area contributed by atoms with Crippen LogP contribution in [0.2, 0.25) is 0 Å². The van der Waals surface area contributed by atoms with Crippen molar-refractivity contribution in [3.63, 3.8) is 0 Å². The van der Waals surface area contributed by atoms with Crippen molar-refractivity contribution in [3.05, 3.63) is 44.8 Å². The van der Waals surface area contributed by atoms with Crippen LogP contribution in [-0.4, -0.2) is 14.9 Å². The van der Waals surface area contributed by atoms with Crippen LogP contribution in [-0.2, 0) is 0 Å². The number of ether oxygens (including phenoxy) is 1. The van der Waals surface area contributed by atoms with Crippen molar-refractivity contribution in [2.45, 2.75) is 0 Å². The summed E-state index contributed by atoms with van der Waals surface area (Å²) in [6.45, 7) is 0. The average molecular weight is 329 g/mol. The highest BCUT2D eigenvalue weighted by atomic mass is 79.9. The first-order chi connectivity index (χ1) is 8.95. The first-order valence-electron chi connectivity index (χ1n) is 4.87. The second-order valence-corrected chi connectivity index (χ2v) is 4.18. The summed E-state index contributed by atoms with van der Waals surface area (Å²) in [5.74, 6) is -0.873. The van der Waals surface area contributed by atoms with E-state index in [0.717, 1.165) is 18.2 Å². The van der Waals surface area contributed by atoms with Crippen molar-refractivity contribution in [1.29, 1.82) is 0 Å². The van der Waals surface area contributed by atoms with E-state index < -0.39 is 16.4 Å². The molecule has 0 aliphatic rings. The number of nitro groups is 1. The van der Waals surface area contributed by atoms with Gasteiger partial charge in [0, 0.05) is 18.2 Å². The lowest BCUT2D eigenvalue weighted by Gasteiger charge is -2.05. The third-order valence-electron chi connectivity index (χ3n) is 2.01. The number of aromatic nitrogens is 2. The van der Waals surface area contributed by atoms with Crippen LogP contribution in [0, 0.1) is 15.9 Å². The maximum Gasteiger partial charge on any atom is 0.325 e. The maximum absolute atomic E-state index is 13.1. The van der Waals surface area contributed by atoms with Crippen molar-refractivity contribution in [2.24, 2.45) is 0 Å². The van der Waals surface area contributed by atoms with Crippen LogP contribution < -0.4 is 10.5 Å². The van der Waals surface area contributed by atoms with Gasteiger partial charge in [0.1, 0.15) is 16.2 Å². The Morgan fingerprint density at radius 1 is 1.37 bits per heavy atom. The van der Waals surface area contributed by atoms with Crippen LogP contribution in [0.5, 0.6) is 11.8 Å². The molecule has 0 atom stereocenters. The van der Waals surface area contributed by atoms with Gasteiger partial charge in [0.2, 0.25) is 5.75 Å². The van der Waals surface area contributed by atoms with Gasteiger partial charge in [-0.15, -0.1) is 0 Å². The Bertz CT molecular complexity index is 632. The van der Waals surface area contributed by atoms with Crippen molar-refractivity contribution in [2.75, 3.05) is 5.73 Å². The molecule has 0 radical (unpaired) electrons. The predicted molar refractivity (Wildman–Crippen MR) is 67.3 cm³/mol. The Morgan fingerprint density at radius 2 is 2.11 bits per heavy atom. The van der Waals surface area contributed by atoms with Gasteiger partial charge in [-0.1, -0.05) is 0 Å². The van der Waals surface area contributed by atoms with Gasteiger partial charge in [0.05, 0.1) is 4.92 Å². The Balaban J connectivity index is 2.42. The third-order valence-corrected chi connectivity index (χ3v) is 2.42. The van der Waals surface area contributed by atoms with Crippen LogP contribution >= 0.6 is 15.9 Å². The van der Waals surface area contributed by atoms with Crippen molar-refractivity contribution in [3.8, 4) is 11.8 Å². The van der Waals surface area contributed by atoms with Gasteiger partial charge >= 0.3 is 11.7 Å². The summed E-state index contributed by atoms with van der Waals surface area (Å²) in [5, 5.41) is 10.8. The molecule has 1 aromatic heterocycles. The number of rotatable bonds is 3. The molecule has 9 heteroatoms. The van der Waals surface area contributed by atoms with Crippen LogP contribution in [0.4, 0.5) is 15.9 Å². The maximum atomic E-state index is 13.1. The number of halogens is 2. The first kappa shape index (κ1) is 13.1. The molecule has 98 valence electrons. The summed E-state index contributed by atoms with van der Waals surface area (Å²) in [7, 11) is 0. The van der Waals surface area contributed by atoms with E-state index in [9.17, 15) is 14.5 Å². The predicted octanol–water partition coefficient (Wildman–Crippen LogP) is 2.66. The number of nitrogens with two attached hydrogens (primary N) is 1. The van der Waals surface area contributed by atoms with Crippen molar-refractivity contribution >= 4 is 27.4 Å². The number of nitrogen functional groups attached to an aromatic ring is 1. The summed E-state index contributed by atoms with van der Waals surface area (Å²) in [6, 6.07) is 4.03. The van der Waals surface area contributed by atoms with E-state index in [1.165, 1.54) is 6.07 Å². The number of hydrogen-bond donors (Lipinski definition) is 1. The molecule has 2 rings (SSSR count). The molecule has 0 spiro atoms. The van der Waals surface area contributed by atoms with E-state index in [1.54, 1.807) is 0 Å². The lowest BCUT2D eigenvalue weighted by atomic mass is 10.3. The minimum Gasteiger partial charge on any atom is -0.417 e. The fraction of sp³-hybridized carbons (Fsp3) is 0. The molecule has 0 bridgehead atoms. The summed E-state index contributed by atoms with van der Waals surface area (Å²) >= 11 is 3.07. The second-order valence-electron chi connectivity index (χ2n) is 3.37. The van der Waals surface area contributed by atoms with Gasteiger partial charge < -0.3 is 10.5 Å². The Labute approximate surface area is 114 Å². The van der Waals surface area contributed by atoms with Crippen molar-refractivity contribution < 1.29 is 14.1 Å². The molecule has 0 saturated heterocycles. The number of anilines is 1. The van der Waals surface area contributed by atoms with Crippen LogP contribution in [0.3, 0.4) is 0 Å². The summed E-state index contributed by atoms with van der Waals surface area (Å²) in [5.41, 5.74) is 5.07. The molecule has 19 heavy (non-hydrogen) atoms. The molecule has 1 heterocycles. The number of nitrogens with zero attached hydrogens (tertiary/aromatic N) is 3. The minimum absolute atomic E-state index is 0.107. The van der Waals surface area contributed by atoms with Gasteiger partial charge in [-0.05, 0) is 22.0 Å². The van der Waals surface area contributed by atoms with Crippen LogP contribution in [0.15, 0.2) is 28.9 Å². The molecule has 7 nitrogen and oxygen atoms in total. The molecular weight excluding hydrogens is 323 g/mol. The smallest absolute Gasteiger partial charge is 0.325 e. The molecule has 2 N–H and O–H groups in total. The lowest BCUT2D eigenvalue weighted by molar-refractivity contribution is -0.385. The monoisotopic (exact) mass is 328 g/mol. The molecule has 1 aromatic carbocycles. The van der Waals surface area contributed by atoms with Gasteiger partial charge in [0.15, 0.2) is 0 Å². The molecule has 0 saturated carbocycles. The van der Waals surface area contributed by atoms with Crippen LogP contribution in [0.1, 0.15) is 0 Å². The number of nitro benzene ring substituents is 1. The Hall–Kier alpha value is -2.29. The first-order valence-corrected chi connectivity index (χ1v) is 5.67. The van der Waals surface area contributed by atoms with Gasteiger partial charge in [-0.3, -0.25) is 10.1 Å². The summed E-state index contributed by atoms with van der Waals surface area (Å²) in [4.78, 5) is 17.6. The van der Waals surface area contributed by atoms with Crippen molar-refractivity contribution in [1.82, 2.24) is 9.97 Å². The summed E-state index contributed by atoms with van der Waals surface area (Å²) in [6.07, 6.45) is 0. The normalized spacial score (nSPS) is 10.2. The van der Waals surface area contributed by atoms with E-state index in [1.807, 2.05) is 0 Å². The Kier molecular flexibility index (Phi) is 3.56. The molecule has 0 aliphatic carbocycles. The molecular formula is C10H6BrFN4O3. The highest BCUT2D eigenvalue weighted by Gasteiger charge is 2.18. The third kappa shape index (κ3) is 3.13. The molecule has 0 amide bonds. The fourth-order valence-electron chi connectivity index (χ4n) is 1.28. The average Bonchev–Trinajstić information content (AvgIpc) is 2.26. The van der Waals surface area contributed by atoms with E-state index in [4.69, 9.17) is 10.5 Å². The standard InChI is InChI=1S/C10H6BrFN4O3/c11-8-4-9(13)15-10(14-8)19-7-3-5(12)1-2-6(7)16(17)18/h1-4H,(H2,13,14,15). The van der Waals surface area contributed by atoms with E-state index in [2.05, 4.69) is 25.9 Å². The number of hydrogen-bond acceptors (Lipinski definition) is 6. The highest BCUT2D eigenvalue weighted by molar-refractivity contribution is 9.10. The second kappa shape index (κ2) is 5.14. The zero-order chi connectivity index (χ0) is 14.0. The minimum atomic E-state index is -0.698. The Morgan fingerprint density at radius 3 is 2.74 bits per heavy atom. The molecule has 0 fully saturated rings. The highest BCUT2D eigenvalue weighted by Crippen LogP contribution is 2.31. The van der Waals surface area contributed by atoms with Crippen LogP contribution in [0.25, 0.3) is 0 Å². The van der Waals surface area contributed by atoms with Gasteiger partial charge in [-0.25, -0.2) is 4.39 Å². The zero-order valence-corrected chi connectivity index (χ0v) is 10.8. The lowest BCUT2D eigenvalue weighted by Crippen LogP contribution is -1.99. The van der Waals surface area contributed by atoms with E-state index in [-0.39, 0.29) is 17.6 Å².